The maximum Gasteiger partial charge on any atom is 0.339 e. The Hall–Kier alpha value is -1.95. The number of benzene rings is 1. The van der Waals surface area contributed by atoms with E-state index in [0.29, 0.717) is 37.4 Å². The fraction of sp³-hybridized carbons (Fsp3) is 0.829. The van der Waals surface area contributed by atoms with E-state index in [1.165, 1.54) is 96.3 Å². The van der Waals surface area contributed by atoms with Crippen LogP contribution in [0.2, 0.25) is 0 Å². The summed E-state index contributed by atoms with van der Waals surface area (Å²) in [6, 6.07) is 0. The standard InChI is InChI=1S/C41H74O6/c1-5-9-13-17-19-21-25-29-33-45-39-36(32-28-24-16-12-8-4)35(31-27-23-15-11-7-3)37(41(43)44)38(42)40(39)47-46-34-30-26-22-20-18-14-10-6-2/h42H,5-34H2,1-4H3,(H,43,44). The molecule has 0 aliphatic heterocycles. The Morgan fingerprint density at radius 3 is 1.32 bits per heavy atom. The quantitative estimate of drug-likeness (QED) is 0.0434. The second-order valence-corrected chi connectivity index (χ2v) is 13.7. The van der Waals surface area contributed by atoms with Gasteiger partial charge in [-0.1, -0.05) is 169 Å². The maximum absolute atomic E-state index is 12.7. The highest BCUT2D eigenvalue weighted by Gasteiger charge is 2.30. The van der Waals surface area contributed by atoms with Crippen LogP contribution in [0.25, 0.3) is 0 Å². The van der Waals surface area contributed by atoms with Gasteiger partial charge in [-0.3, -0.25) is 0 Å². The topological polar surface area (TPSA) is 85.2 Å². The molecule has 47 heavy (non-hydrogen) atoms. The van der Waals surface area contributed by atoms with Gasteiger partial charge in [-0.05, 0) is 44.1 Å². The third-order valence-corrected chi connectivity index (χ3v) is 9.34. The molecule has 0 bridgehead atoms. The number of aromatic hydroxyl groups is 1. The molecule has 0 unspecified atom stereocenters. The monoisotopic (exact) mass is 663 g/mol. The molecule has 0 aliphatic rings. The molecule has 1 aromatic carbocycles. The van der Waals surface area contributed by atoms with Crippen LogP contribution in [-0.2, 0) is 17.7 Å². The maximum atomic E-state index is 12.7. The first-order valence-corrected chi connectivity index (χ1v) is 20.1. The van der Waals surface area contributed by atoms with Crippen LogP contribution in [0, 0.1) is 0 Å². The van der Waals surface area contributed by atoms with Gasteiger partial charge in [0.2, 0.25) is 5.75 Å². The van der Waals surface area contributed by atoms with E-state index in [9.17, 15) is 15.0 Å². The number of phenols is 1. The largest absolute Gasteiger partial charge is 0.503 e. The van der Waals surface area contributed by atoms with E-state index in [0.717, 1.165) is 76.2 Å². The van der Waals surface area contributed by atoms with Gasteiger partial charge >= 0.3 is 5.97 Å². The van der Waals surface area contributed by atoms with Gasteiger partial charge in [-0.2, -0.15) is 4.89 Å². The molecule has 0 heterocycles. The molecule has 0 atom stereocenters. The second-order valence-electron chi connectivity index (χ2n) is 13.7. The van der Waals surface area contributed by atoms with Gasteiger partial charge < -0.3 is 19.8 Å². The lowest BCUT2D eigenvalue weighted by Crippen LogP contribution is -2.13. The highest BCUT2D eigenvalue weighted by Crippen LogP contribution is 2.46. The number of unbranched alkanes of at least 4 members (excludes halogenated alkanes) is 22. The fourth-order valence-corrected chi connectivity index (χ4v) is 6.41. The van der Waals surface area contributed by atoms with Gasteiger partial charge in [0.05, 0.1) is 13.2 Å². The molecule has 6 nitrogen and oxygen atoms in total. The fourth-order valence-electron chi connectivity index (χ4n) is 6.41. The first kappa shape index (κ1) is 43.1. The number of carboxylic acid groups (broad SMARTS) is 1. The van der Waals surface area contributed by atoms with Crippen molar-refractivity contribution in [2.24, 2.45) is 0 Å². The van der Waals surface area contributed by atoms with Crippen LogP contribution in [0.1, 0.15) is 216 Å². The van der Waals surface area contributed by atoms with Crippen molar-refractivity contribution < 1.29 is 29.5 Å². The molecule has 0 fully saturated rings. The zero-order valence-electron chi connectivity index (χ0n) is 31.2. The number of aromatic carboxylic acids is 1. The van der Waals surface area contributed by atoms with E-state index in [4.69, 9.17) is 14.5 Å². The minimum atomic E-state index is -1.12. The van der Waals surface area contributed by atoms with Crippen molar-refractivity contribution in [3.8, 4) is 17.2 Å². The van der Waals surface area contributed by atoms with Gasteiger partial charge in [0.15, 0.2) is 11.5 Å². The first-order valence-electron chi connectivity index (χ1n) is 20.1. The van der Waals surface area contributed by atoms with E-state index < -0.39 is 5.97 Å². The molecule has 274 valence electrons. The Labute approximate surface area is 289 Å². The third-order valence-electron chi connectivity index (χ3n) is 9.34. The number of ether oxygens (including phenoxy) is 1. The van der Waals surface area contributed by atoms with Crippen LogP contribution in [0.3, 0.4) is 0 Å². The third kappa shape index (κ3) is 19.6. The molecule has 0 aromatic heterocycles. The van der Waals surface area contributed by atoms with Crippen molar-refractivity contribution in [1.82, 2.24) is 0 Å². The van der Waals surface area contributed by atoms with E-state index in [1.54, 1.807) is 0 Å². The van der Waals surface area contributed by atoms with Crippen molar-refractivity contribution in [3.05, 3.63) is 16.7 Å². The summed E-state index contributed by atoms with van der Waals surface area (Å²) in [6.07, 6.45) is 31.3. The lowest BCUT2D eigenvalue weighted by molar-refractivity contribution is -0.209. The molecule has 0 saturated heterocycles. The average molecular weight is 663 g/mol. The van der Waals surface area contributed by atoms with Crippen LogP contribution in [0.5, 0.6) is 17.2 Å². The zero-order valence-corrected chi connectivity index (χ0v) is 31.2. The number of carbonyl (C=O) groups is 1. The summed E-state index contributed by atoms with van der Waals surface area (Å²) in [5, 5.41) is 21.8. The summed E-state index contributed by atoms with van der Waals surface area (Å²) >= 11 is 0. The Balaban J connectivity index is 3.17. The minimum Gasteiger partial charge on any atom is -0.503 e. The van der Waals surface area contributed by atoms with Gasteiger partial charge in [-0.15, -0.1) is 0 Å². The molecular formula is C41H74O6. The van der Waals surface area contributed by atoms with Crippen molar-refractivity contribution in [3.63, 3.8) is 0 Å². The van der Waals surface area contributed by atoms with Crippen molar-refractivity contribution >= 4 is 5.97 Å². The lowest BCUT2D eigenvalue weighted by Gasteiger charge is -2.22. The molecule has 0 saturated carbocycles. The summed E-state index contributed by atoms with van der Waals surface area (Å²) in [5.74, 6) is -0.955. The van der Waals surface area contributed by atoms with E-state index in [-0.39, 0.29) is 17.1 Å². The van der Waals surface area contributed by atoms with Crippen LogP contribution in [0.4, 0.5) is 0 Å². The summed E-state index contributed by atoms with van der Waals surface area (Å²) in [6.45, 7) is 9.79. The zero-order chi connectivity index (χ0) is 34.4. The lowest BCUT2D eigenvalue weighted by atomic mass is 9.90. The van der Waals surface area contributed by atoms with Gasteiger partial charge in [0.25, 0.3) is 0 Å². The van der Waals surface area contributed by atoms with Crippen LogP contribution >= 0.6 is 0 Å². The smallest absolute Gasteiger partial charge is 0.339 e. The van der Waals surface area contributed by atoms with Crippen molar-refractivity contribution in [2.45, 2.75) is 207 Å². The number of hydrogen-bond acceptors (Lipinski definition) is 5. The van der Waals surface area contributed by atoms with E-state index >= 15 is 0 Å². The van der Waals surface area contributed by atoms with E-state index in [1.807, 2.05) is 0 Å². The van der Waals surface area contributed by atoms with Gasteiger partial charge in [-0.25, -0.2) is 4.79 Å². The second kappa shape index (κ2) is 30.1. The molecule has 6 heteroatoms. The van der Waals surface area contributed by atoms with Crippen LogP contribution < -0.4 is 9.62 Å². The van der Waals surface area contributed by atoms with Gasteiger partial charge in [0.1, 0.15) is 5.56 Å². The summed E-state index contributed by atoms with van der Waals surface area (Å²) in [7, 11) is 0. The Bertz CT molecular complexity index is 899. The summed E-state index contributed by atoms with van der Waals surface area (Å²) < 4.78 is 6.48. The van der Waals surface area contributed by atoms with Crippen molar-refractivity contribution in [2.75, 3.05) is 13.2 Å². The summed E-state index contributed by atoms with van der Waals surface area (Å²) in [5.41, 5.74) is 1.55. The summed E-state index contributed by atoms with van der Waals surface area (Å²) in [4.78, 5) is 24.1. The van der Waals surface area contributed by atoms with Crippen LogP contribution in [0.15, 0.2) is 0 Å². The molecule has 1 aromatic rings. The molecule has 0 spiro atoms. The molecule has 0 radical (unpaired) electrons. The highest BCUT2D eigenvalue weighted by molar-refractivity contribution is 5.95. The molecular weight excluding hydrogens is 588 g/mol. The number of carboxylic acids is 1. The normalized spacial score (nSPS) is 11.3. The highest BCUT2D eigenvalue weighted by atomic mass is 17.2. The molecule has 0 amide bonds. The number of hydrogen-bond donors (Lipinski definition) is 2. The Morgan fingerprint density at radius 2 is 0.872 bits per heavy atom. The van der Waals surface area contributed by atoms with Crippen molar-refractivity contribution in [1.29, 1.82) is 0 Å². The first-order chi connectivity index (χ1) is 23.0. The Kier molecular flexibility index (Phi) is 27.6. The average Bonchev–Trinajstić information content (AvgIpc) is 3.06. The minimum absolute atomic E-state index is 0.0415. The predicted octanol–water partition coefficient (Wildman–Crippen LogP) is 13.1. The SMILES string of the molecule is CCCCCCCCCCOOc1c(O)c(C(=O)O)c(CCCCCCC)c(CCCCCCC)c1OCCCCCCCCCC. The molecule has 2 N–H and O–H groups in total. The van der Waals surface area contributed by atoms with E-state index in [2.05, 4.69) is 27.7 Å². The predicted molar refractivity (Wildman–Crippen MR) is 197 cm³/mol. The molecule has 1 rings (SSSR count). The van der Waals surface area contributed by atoms with Gasteiger partial charge in [0, 0.05) is 5.56 Å². The number of rotatable bonds is 34. The Morgan fingerprint density at radius 1 is 0.489 bits per heavy atom. The van der Waals surface area contributed by atoms with Crippen LogP contribution in [-0.4, -0.2) is 29.4 Å². The molecule has 0 aliphatic carbocycles.